The van der Waals surface area contributed by atoms with Crippen LogP contribution in [0.1, 0.15) is 10.4 Å². The van der Waals surface area contributed by atoms with E-state index in [0.717, 1.165) is 4.47 Å². The second-order valence-electron chi connectivity index (χ2n) is 3.29. The van der Waals surface area contributed by atoms with Crippen molar-refractivity contribution in [2.75, 3.05) is 24.8 Å². The maximum absolute atomic E-state index is 12.2. The van der Waals surface area contributed by atoms with Crippen molar-refractivity contribution < 1.29 is 4.79 Å². The summed E-state index contributed by atoms with van der Waals surface area (Å²) in [5.74, 6) is 0.594. The van der Waals surface area contributed by atoms with Crippen molar-refractivity contribution in [3.05, 3.63) is 33.3 Å². The van der Waals surface area contributed by atoms with E-state index in [0.29, 0.717) is 35.4 Å². The second kappa shape index (κ2) is 7.47. The molecule has 1 amide bonds. The molecule has 0 atom stereocenters. The molecule has 0 aliphatic rings. The maximum atomic E-state index is 12.2. The number of hydrogen-bond donors (Lipinski definition) is 0. The Morgan fingerprint density at radius 3 is 2.29 bits per heavy atom. The van der Waals surface area contributed by atoms with Crippen LogP contribution < -0.4 is 0 Å². The smallest absolute Gasteiger partial charge is 0.255 e. The number of rotatable bonds is 5. The molecule has 0 aliphatic heterocycles. The van der Waals surface area contributed by atoms with E-state index in [9.17, 15) is 4.79 Å². The average molecular weight is 359 g/mol. The summed E-state index contributed by atoms with van der Waals surface area (Å²) in [5, 5.41) is 0.415. The molecule has 0 bridgehead atoms. The number of amides is 1. The Hall–Kier alpha value is 0.0400. The third kappa shape index (κ3) is 4.32. The van der Waals surface area contributed by atoms with Crippen LogP contribution in [0.3, 0.4) is 0 Å². The molecule has 17 heavy (non-hydrogen) atoms. The number of hydrogen-bond acceptors (Lipinski definition) is 1. The van der Waals surface area contributed by atoms with E-state index < -0.39 is 0 Å². The Bertz CT molecular complexity index is 394. The first-order chi connectivity index (χ1) is 8.10. The highest BCUT2D eigenvalue weighted by Crippen LogP contribution is 2.22. The van der Waals surface area contributed by atoms with E-state index in [1.165, 1.54) is 0 Å². The SMILES string of the molecule is O=C(c1ccc(Br)cc1Cl)N(CCCl)CCCl. The second-order valence-corrected chi connectivity index (χ2v) is 5.37. The molecule has 0 spiro atoms. The molecule has 0 fully saturated rings. The monoisotopic (exact) mass is 357 g/mol. The number of carbonyl (C=O) groups excluding carboxylic acids is 1. The molecule has 0 N–H and O–H groups in total. The van der Waals surface area contributed by atoms with Crippen molar-refractivity contribution in [1.29, 1.82) is 0 Å². The minimum Gasteiger partial charge on any atom is -0.336 e. The predicted octanol–water partition coefficient (Wildman–Crippen LogP) is 4.02. The number of benzene rings is 1. The highest BCUT2D eigenvalue weighted by Gasteiger charge is 2.17. The van der Waals surface area contributed by atoms with Crippen molar-refractivity contribution in [3.8, 4) is 0 Å². The zero-order valence-electron chi connectivity index (χ0n) is 8.93. The fourth-order valence-electron chi connectivity index (χ4n) is 1.35. The molecule has 0 radical (unpaired) electrons. The van der Waals surface area contributed by atoms with Gasteiger partial charge in [-0.2, -0.15) is 0 Å². The topological polar surface area (TPSA) is 20.3 Å². The zero-order chi connectivity index (χ0) is 12.8. The molecule has 0 aliphatic carbocycles. The summed E-state index contributed by atoms with van der Waals surface area (Å²) in [5.41, 5.74) is 0.463. The minimum absolute atomic E-state index is 0.149. The molecule has 1 rings (SSSR count). The maximum Gasteiger partial charge on any atom is 0.255 e. The van der Waals surface area contributed by atoms with Gasteiger partial charge in [-0.3, -0.25) is 4.79 Å². The Labute approximate surface area is 124 Å². The molecule has 6 heteroatoms. The molecular formula is C11H11BrCl3NO. The normalized spacial score (nSPS) is 10.4. The van der Waals surface area contributed by atoms with Crippen molar-refractivity contribution in [2.24, 2.45) is 0 Å². The van der Waals surface area contributed by atoms with Crippen molar-refractivity contribution in [2.45, 2.75) is 0 Å². The van der Waals surface area contributed by atoms with Gasteiger partial charge in [-0.25, -0.2) is 0 Å². The Kier molecular flexibility index (Phi) is 6.63. The summed E-state index contributed by atoms with van der Waals surface area (Å²) in [4.78, 5) is 13.8. The Morgan fingerprint density at radius 1 is 1.24 bits per heavy atom. The fraction of sp³-hybridized carbons (Fsp3) is 0.364. The predicted molar refractivity (Wildman–Crippen MR) is 76.5 cm³/mol. The lowest BCUT2D eigenvalue weighted by atomic mass is 10.2. The highest BCUT2D eigenvalue weighted by molar-refractivity contribution is 9.10. The number of carbonyl (C=O) groups is 1. The van der Waals surface area contributed by atoms with Crippen LogP contribution in [0.25, 0.3) is 0 Å². The largest absolute Gasteiger partial charge is 0.336 e. The van der Waals surface area contributed by atoms with Gasteiger partial charge in [0.05, 0.1) is 10.6 Å². The van der Waals surface area contributed by atoms with Crippen LogP contribution in [-0.4, -0.2) is 35.7 Å². The third-order valence-electron chi connectivity index (χ3n) is 2.16. The summed E-state index contributed by atoms with van der Waals surface area (Å²) in [6.07, 6.45) is 0. The standard InChI is InChI=1S/C11H11BrCl3NO/c12-8-1-2-9(10(15)7-8)11(17)16(5-3-13)6-4-14/h1-2,7H,3-6H2. The minimum atomic E-state index is -0.149. The highest BCUT2D eigenvalue weighted by atomic mass is 79.9. The molecule has 0 unspecified atom stereocenters. The van der Waals surface area contributed by atoms with E-state index in [4.69, 9.17) is 34.8 Å². The van der Waals surface area contributed by atoms with Gasteiger partial charge in [0.25, 0.3) is 5.91 Å². The van der Waals surface area contributed by atoms with Crippen LogP contribution in [0.5, 0.6) is 0 Å². The molecule has 1 aromatic carbocycles. The Balaban J connectivity index is 2.92. The lowest BCUT2D eigenvalue weighted by molar-refractivity contribution is 0.0775. The van der Waals surface area contributed by atoms with E-state index in [1.54, 1.807) is 23.1 Å². The summed E-state index contributed by atoms with van der Waals surface area (Å²) in [7, 11) is 0. The van der Waals surface area contributed by atoms with Gasteiger partial charge in [0.1, 0.15) is 0 Å². The third-order valence-corrected chi connectivity index (χ3v) is 3.30. The summed E-state index contributed by atoms with van der Waals surface area (Å²) in [6.45, 7) is 0.916. The van der Waals surface area contributed by atoms with Crippen LogP contribution in [0.15, 0.2) is 22.7 Å². The molecule has 2 nitrogen and oxygen atoms in total. The zero-order valence-corrected chi connectivity index (χ0v) is 12.8. The van der Waals surface area contributed by atoms with Crippen LogP contribution in [-0.2, 0) is 0 Å². The van der Waals surface area contributed by atoms with Gasteiger partial charge in [-0.15, -0.1) is 23.2 Å². The van der Waals surface area contributed by atoms with E-state index in [2.05, 4.69) is 15.9 Å². The lowest BCUT2D eigenvalue weighted by Crippen LogP contribution is -2.34. The van der Waals surface area contributed by atoms with Gasteiger partial charge in [0, 0.05) is 29.3 Å². The molecular weight excluding hydrogens is 348 g/mol. The van der Waals surface area contributed by atoms with Crippen molar-refractivity contribution in [3.63, 3.8) is 0 Å². The molecule has 0 saturated heterocycles. The van der Waals surface area contributed by atoms with Gasteiger partial charge in [0.15, 0.2) is 0 Å². The van der Waals surface area contributed by atoms with Gasteiger partial charge >= 0.3 is 0 Å². The first-order valence-corrected chi connectivity index (χ1v) is 7.20. The molecule has 0 heterocycles. The molecule has 94 valence electrons. The number of halogens is 4. The first kappa shape index (κ1) is 15.1. The van der Waals surface area contributed by atoms with Crippen LogP contribution in [0.2, 0.25) is 5.02 Å². The van der Waals surface area contributed by atoms with Crippen LogP contribution >= 0.6 is 50.7 Å². The van der Waals surface area contributed by atoms with Crippen LogP contribution in [0, 0.1) is 0 Å². The van der Waals surface area contributed by atoms with Gasteiger partial charge in [0.2, 0.25) is 0 Å². The van der Waals surface area contributed by atoms with E-state index in [-0.39, 0.29) is 5.91 Å². The lowest BCUT2D eigenvalue weighted by Gasteiger charge is -2.21. The van der Waals surface area contributed by atoms with Crippen LogP contribution in [0.4, 0.5) is 0 Å². The molecule has 0 saturated carbocycles. The van der Waals surface area contributed by atoms with Gasteiger partial charge in [-0.05, 0) is 18.2 Å². The van der Waals surface area contributed by atoms with E-state index >= 15 is 0 Å². The number of alkyl halides is 2. The number of nitrogens with zero attached hydrogens (tertiary/aromatic N) is 1. The summed E-state index contributed by atoms with van der Waals surface area (Å²) >= 11 is 20.6. The molecule has 0 aromatic heterocycles. The molecule has 1 aromatic rings. The van der Waals surface area contributed by atoms with Crippen molar-refractivity contribution >= 4 is 56.6 Å². The summed E-state index contributed by atoms with van der Waals surface area (Å²) < 4.78 is 0.834. The van der Waals surface area contributed by atoms with Crippen molar-refractivity contribution in [1.82, 2.24) is 4.90 Å². The average Bonchev–Trinajstić information content (AvgIpc) is 2.28. The van der Waals surface area contributed by atoms with E-state index in [1.807, 2.05) is 0 Å². The summed E-state index contributed by atoms with van der Waals surface area (Å²) in [6, 6.07) is 5.15. The Morgan fingerprint density at radius 2 is 1.82 bits per heavy atom. The quantitative estimate of drug-likeness (QED) is 0.727. The first-order valence-electron chi connectivity index (χ1n) is 4.96. The van der Waals surface area contributed by atoms with Gasteiger partial charge in [-0.1, -0.05) is 27.5 Å². The van der Waals surface area contributed by atoms with Gasteiger partial charge < -0.3 is 4.90 Å². The fourth-order valence-corrected chi connectivity index (χ4v) is 2.51.